The van der Waals surface area contributed by atoms with Gasteiger partial charge in [0, 0.05) is 25.3 Å². The van der Waals surface area contributed by atoms with Crippen LogP contribution < -0.4 is 10.6 Å². The van der Waals surface area contributed by atoms with E-state index in [1.807, 2.05) is 38.1 Å². The number of anilines is 1. The quantitative estimate of drug-likeness (QED) is 0.262. The fourth-order valence-corrected chi connectivity index (χ4v) is 3.64. The van der Waals surface area contributed by atoms with E-state index in [-0.39, 0.29) is 23.8 Å². The Balaban J connectivity index is 0.000000401. The van der Waals surface area contributed by atoms with Gasteiger partial charge in [0.15, 0.2) is 0 Å². The number of nitrogens with zero attached hydrogens (tertiary/aromatic N) is 1. The van der Waals surface area contributed by atoms with Gasteiger partial charge in [0.1, 0.15) is 17.7 Å². The van der Waals surface area contributed by atoms with Crippen LogP contribution in [0.4, 0.5) is 14.5 Å². The number of ether oxygens (including phenoxy) is 1. The largest absolute Gasteiger partial charge is 0.372 e. The first-order valence-electron chi connectivity index (χ1n) is 12.7. The Labute approximate surface area is 220 Å². The molecule has 2 rings (SSSR count). The maximum absolute atomic E-state index is 13.4. The van der Waals surface area contributed by atoms with Crippen LogP contribution in [0.2, 0.25) is 0 Å². The van der Waals surface area contributed by atoms with Gasteiger partial charge in [-0.05, 0) is 67.3 Å². The number of carbonyl (C=O) groups excluding carboxylic acids is 2. The van der Waals surface area contributed by atoms with Gasteiger partial charge < -0.3 is 15.4 Å². The van der Waals surface area contributed by atoms with Crippen molar-refractivity contribution in [1.82, 2.24) is 0 Å². The molecule has 7 heteroatoms. The van der Waals surface area contributed by atoms with Crippen molar-refractivity contribution in [2.24, 2.45) is 11.1 Å². The molecule has 204 valence electrons. The maximum atomic E-state index is 13.4. The number of allylic oxidation sites excluding steroid dienone is 2. The standard InChI is InChI=1S/C18H19F2NO.C12H23NO2/c1-3-6-18(22)21(17-8-5-4-7-13(17)2)12-14-9-15(19)11-16(20)10-14;1-12(2,3)9-7-5-6-8-10(15-4)11(13)14/h4-5,7-11H,3,6,12H2,1-2H3;7,9-10H,5-6,8H2,1-4H3,(H2,13,14)/b;9-7+. The van der Waals surface area contributed by atoms with Crippen molar-refractivity contribution in [2.45, 2.75) is 79.4 Å². The molecule has 2 aromatic rings. The number of hydrogen-bond donors (Lipinski definition) is 1. The van der Waals surface area contributed by atoms with Gasteiger partial charge in [0.05, 0.1) is 6.54 Å². The van der Waals surface area contributed by atoms with Gasteiger partial charge in [0.2, 0.25) is 11.8 Å². The number of primary amides is 1. The molecule has 0 saturated heterocycles. The Morgan fingerprint density at radius 3 is 2.24 bits per heavy atom. The van der Waals surface area contributed by atoms with Crippen molar-refractivity contribution in [3.63, 3.8) is 0 Å². The zero-order valence-corrected chi connectivity index (χ0v) is 23.0. The van der Waals surface area contributed by atoms with Gasteiger partial charge in [-0.25, -0.2) is 8.78 Å². The highest BCUT2D eigenvalue weighted by atomic mass is 19.1. The SMILES string of the molecule is CCCC(=O)N(Cc1cc(F)cc(F)c1)c1ccccc1C.COC(CCC/C=C/C(C)(C)C)C(N)=O. The first kappa shape index (κ1) is 32.0. The normalized spacial score (nSPS) is 12.1. The van der Waals surface area contributed by atoms with Crippen LogP contribution in [0.3, 0.4) is 0 Å². The molecule has 2 aromatic carbocycles. The smallest absolute Gasteiger partial charge is 0.246 e. The number of carbonyl (C=O) groups is 2. The lowest BCUT2D eigenvalue weighted by Gasteiger charge is -2.24. The number of amides is 2. The van der Waals surface area contributed by atoms with Crippen molar-refractivity contribution in [1.29, 1.82) is 0 Å². The van der Waals surface area contributed by atoms with E-state index < -0.39 is 17.7 Å². The van der Waals surface area contributed by atoms with Gasteiger partial charge in [-0.2, -0.15) is 0 Å². The molecular weight excluding hydrogens is 474 g/mol. The predicted octanol–water partition coefficient (Wildman–Crippen LogP) is 6.87. The van der Waals surface area contributed by atoms with E-state index in [4.69, 9.17) is 10.5 Å². The minimum Gasteiger partial charge on any atom is -0.372 e. The van der Waals surface area contributed by atoms with Crippen molar-refractivity contribution < 1.29 is 23.1 Å². The highest BCUT2D eigenvalue weighted by Crippen LogP contribution is 2.23. The van der Waals surface area contributed by atoms with E-state index in [1.54, 1.807) is 4.90 Å². The Morgan fingerprint density at radius 1 is 1.11 bits per heavy atom. The van der Waals surface area contributed by atoms with Gasteiger partial charge >= 0.3 is 0 Å². The highest BCUT2D eigenvalue weighted by molar-refractivity contribution is 5.94. The number of aryl methyl sites for hydroxylation is 1. The summed E-state index contributed by atoms with van der Waals surface area (Å²) in [4.78, 5) is 24.8. The van der Waals surface area contributed by atoms with Crippen LogP contribution in [0, 0.1) is 24.0 Å². The van der Waals surface area contributed by atoms with E-state index in [0.29, 0.717) is 18.4 Å². The molecule has 0 bridgehead atoms. The lowest BCUT2D eigenvalue weighted by molar-refractivity contribution is -0.128. The van der Waals surface area contributed by atoms with Crippen LogP contribution in [-0.2, 0) is 20.9 Å². The Bertz CT molecular complexity index is 1010. The zero-order chi connectivity index (χ0) is 28.0. The molecule has 1 unspecified atom stereocenters. The van der Waals surface area contributed by atoms with Gasteiger partial charge in [0.25, 0.3) is 0 Å². The molecule has 0 radical (unpaired) electrons. The second-order valence-electron chi connectivity index (χ2n) is 10.1. The monoisotopic (exact) mass is 516 g/mol. The summed E-state index contributed by atoms with van der Waals surface area (Å²) in [6.07, 6.45) is 7.59. The average molecular weight is 517 g/mol. The number of halogens is 2. The molecule has 0 aromatic heterocycles. The van der Waals surface area contributed by atoms with E-state index in [2.05, 4.69) is 32.9 Å². The molecule has 2 amide bonds. The fourth-order valence-electron chi connectivity index (χ4n) is 3.64. The van der Waals surface area contributed by atoms with Crippen LogP contribution in [0.5, 0.6) is 0 Å². The predicted molar refractivity (Wildman–Crippen MR) is 146 cm³/mol. The molecule has 0 saturated carbocycles. The topological polar surface area (TPSA) is 72.6 Å². The van der Waals surface area contributed by atoms with Gasteiger partial charge in [-0.15, -0.1) is 0 Å². The summed E-state index contributed by atoms with van der Waals surface area (Å²) >= 11 is 0. The summed E-state index contributed by atoms with van der Waals surface area (Å²) in [5, 5.41) is 0. The molecule has 0 fully saturated rings. The Kier molecular flexibility index (Phi) is 13.8. The number of hydrogen-bond acceptors (Lipinski definition) is 3. The van der Waals surface area contributed by atoms with Crippen molar-refractivity contribution in [2.75, 3.05) is 12.0 Å². The van der Waals surface area contributed by atoms with Crippen LogP contribution in [0.25, 0.3) is 0 Å². The van der Waals surface area contributed by atoms with Crippen LogP contribution in [0.1, 0.15) is 70.9 Å². The number of methoxy groups -OCH3 is 1. The van der Waals surface area contributed by atoms with Crippen molar-refractivity contribution in [3.8, 4) is 0 Å². The third-order valence-corrected chi connectivity index (χ3v) is 5.49. The van der Waals surface area contributed by atoms with E-state index in [9.17, 15) is 18.4 Å². The highest BCUT2D eigenvalue weighted by Gasteiger charge is 2.18. The number of rotatable bonds is 11. The first-order chi connectivity index (χ1) is 17.4. The van der Waals surface area contributed by atoms with Crippen molar-refractivity contribution >= 4 is 17.5 Å². The number of nitrogens with two attached hydrogens (primary N) is 1. The lowest BCUT2D eigenvalue weighted by atomic mass is 9.95. The summed E-state index contributed by atoms with van der Waals surface area (Å²) < 4.78 is 31.7. The molecule has 0 aliphatic carbocycles. The number of para-hydroxylation sites is 1. The lowest BCUT2D eigenvalue weighted by Crippen LogP contribution is -2.30. The average Bonchev–Trinajstić information content (AvgIpc) is 2.79. The third-order valence-electron chi connectivity index (χ3n) is 5.49. The minimum absolute atomic E-state index is 0.0542. The molecule has 0 heterocycles. The molecule has 5 nitrogen and oxygen atoms in total. The summed E-state index contributed by atoms with van der Waals surface area (Å²) in [7, 11) is 1.51. The fraction of sp³-hybridized carbons (Fsp3) is 0.467. The second kappa shape index (κ2) is 15.9. The molecular formula is C30H42F2N2O3. The Hall–Kier alpha value is -3.06. The number of unbranched alkanes of at least 4 members (excludes halogenated alkanes) is 1. The molecule has 1 atom stereocenters. The van der Waals surface area contributed by atoms with Crippen LogP contribution in [-0.4, -0.2) is 25.0 Å². The molecule has 37 heavy (non-hydrogen) atoms. The first-order valence-corrected chi connectivity index (χ1v) is 12.7. The third kappa shape index (κ3) is 12.6. The zero-order valence-electron chi connectivity index (χ0n) is 23.0. The van der Waals surface area contributed by atoms with Crippen molar-refractivity contribution in [3.05, 3.63) is 77.4 Å². The second-order valence-corrected chi connectivity index (χ2v) is 10.1. The summed E-state index contributed by atoms with van der Waals surface area (Å²) in [5.74, 6) is -1.70. The van der Waals surface area contributed by atoms with Gasteiger partial charge in [-0.3, -0.25) is 9.59 Å². The molecule has 0 spiro atoms. The summed E-state index contributed by atoms with van der Waals surface area (Å²) in [5.41, 5.74) is 7.53. The van der Waals surface area contributed by atoms with E-state index in [0.717, 1.165) is 36.6 Å². The van der Waals surface area contributed by atoms with E-state index >= 15 is 0 Å². The van der Waals surface area contributed by atoms with Gasteiger partial charge in [-0.1, -0.05) is 58.0 Å². The molecule has 2 N–H and O–H groups in total. The summed E-state index contributed by atoms with van der Waals surface area (Å²) in [6.45, 7) is 10.5. The molecule has 0 aliphatic rings. The minimum atomic E-state index is -0.636. The summed E-state index contributed by atoms with van der Waals surface area (Å²) in [6, 6.07) is 10.8. The Morgan fingerprint density at radius 2 is 1.73 bits per heavy atom. The molecule has 0 aliphatic heterocycles. The number of benzene rings is 2. The maximum Gasteiger partial charge on any atom is 0.246 e. The van der Waals surface area contributed by atoms with Crippen LogP contribution >= 0.6 is 0 Å². The van der Waals surface area contributed by atoms with E-state index in [1.165, 1.54) is 19.2 Å². The van der Waals surface area contributed by atoms with Crippen LogP contribution in [0.15, 0.2) is 54.6 Å².